The number of ether oxygens (including phenoxy) is 4. The Morgan fingerprint density at radius 3 is 2.44 bits per heavy atom. The molecular weight excluding hydrogens is 410 g/mol. The van der Waals surface area contributed by atoms with Gasteiger partial charge < -0.3 is 24.1 Å². The smallest absolute Gasteiger partial charge is 0.335 e. The van der Waals surface area contributed by atoms with Gasteiger partial charge in [0.25, 0.3) is 0 Å². The quantitative estimate of drug-likeness (QED) is 0.566. The molecule has 0 saturated carbocycles. The van der Waals surface area contributed by atoms with E-state index in [9.17, 15) is 9.90 Å². The van der Waals surface area contributed by atoms with Gasteiger partial charge in [-0.05, 0) is 47.5 Å². The zero-order chi connectivity index (χ0) is 22.5. The number of esters is 1. The molecule has 3 aromatic rings. The van der Waals surface area contributed by atoms with Crippen molar-refractivity contribution in [2.24, 2.45) is 4.99 Å². The number of phenols is 1. The molecule has 0 fully saturated rings. The fourth-order valence-corrected chi connectivity index (χ4v) is 3.40. The summed E-state index contributed by atoms with van der Waals surface area (Å²) in [6.45, 7) is 0.323. The van der Waals surface area contributed by atoms with Crippen LogP contribution >= 0.6 is 0 Å². The van der Waals surface area contributed by atoms with Crippen LogP contribution in [0, 0.1) is 0 Å². The summed E-state index contributed by atoms with van der Waals surface area (Å²) in [6.07, 6.45) is -0.742. The highest BCUT2D eigenvalue weighted by Gasteiger charge is 2.39. The monoisotopic (exact) mass is 433 g/mol. The van der Waals surface area contributed by atoms with Crippen molar-refractivity contribution in [3.8, 4) is 17.2 Å². The third-order valence-corrected chi connectivity index (χ3v) is 5.11. The zero-order valence-electron chi connectivity index (χ0n) is 17.7. The van der Waals surface area contributed by atoms with E-state index in [1.165, 1.54) is 13.2 Å². The fourth-order valence-electron chi connectivity index (χ4n) is 3.40. The molecule has 0 spiro atoms. The van der Waals surface area contributed by atoms with Gasteiger partial charge in [0.15, 0.2) is 23.6 Å². The molecule has 0 aliphatic carbocycles. The van der Waals surface area contributed by atoms with E-state index in [0.717, 1.165) is 5.56 Å². The van der Waals surface area contributed by atoms with Gasteiger partial charge in [0.1, 0.15) is 12.4 Å². The SMILES string of the molecule is COC(=O)[C@H]1N=C(c2ccc(OC)cc2)O[C@@H]1c1ccc(OCc2ccccc2)c(O)c1. The van der Waals surface area contributed by atoms with Crippen LogP contribution in [0.15, 0.2) is 77.8 Å². The molecule has 0 aromatic heterocycles. The van der Waals surface area contributed by atoms with Gasteiger partial charge in [-0.25, -0.2) is 9.79 Å². The number of aromatic hydroxyl groups is 1. The maximum absolute atomic E-state index is 12.4. The first-order valence-electron chi connectivity index (χ1n) is 10.1. The Labute approximate surface area is 185 Å². The van der Waals surface area contributed by atoms with Crippen LogP contribution in [-0.4, -0.2) is 37.2 Å². The van der Waals surface area contributed by atoms with Crippen LogP contribution in [0.4, 0.5) is 0 Å². The zero-order valence-corrected chi connectivity index (χ0v) is 17.7. The minimum atomic E-state index is -0.896. The van der Waals surface area contributed by atoms with Crippen molar-refractivity contribution in [1.29, 1.82) is 0 Å². The molecule has 2 atom stereocenters. The first-order chi connectivity index (χ1) is 15.6. The second kappa shape index (κ2) is 9.43. The van der Waals surface area contributed by atoms with E-state index >= 15 is 0 Å². The standard InChI is InChI=1S/C25H23NO6/c1-29-19-11-8-17(9-12-19)24-26-22(25(28)30-2)23(32-24)18-10-13-21(20(27)14-18)31-15-16-6-4-3-5-7-16/h3-14,22-23,27H,15H2,1-2H3/t22-,23+/m0/s1. The third-order valence-electron chi connectivity index (χ3n) is 5.11. The van der Waals surface area contributed by atoms with Crippen LogP contribution < -0.4 is 9.47 Å². The minimum Gasteiger partial charge on any atom is -0.504 e. The Morgan fingerprint density at radius 1 is 1.03 bits per heavy atom. The predicted octanol–water partition coefficient (Wildman–Crippen LogP) is 4.04. The summed E-state index contributed by atoms with van der Waals surface area (Å²) in [5.41, 5.74) is 2.27. The van der Waals surface area contributed by atoms with Crippen LogP contribution in [0.5, 0.6) is 17.2 Å². The summed E-state index contributed by atoms with van der Waals surface area (Å²) in [5, 5.41) is 10.5. The molecule has 0 unspecified atom stereocenters. The number of methoxy groups -OCH3 is 2. The maximum atomic E-state index is 12.4. The molecule has 1 N–H and O–H groups in total. The van der Waals surface area contributed by atoms with E-state index in [1.54, 1.807) is 43.5 Å². The Hall–Kier alpha value is -4.00. The topological polar surface area (TPSA) is 86.6 Å². The van der Waals surface area contributed by atoms with Gasteiger partial charge in [-0.1, -0.05) is 36.4 Å². The lowest BCUT2D eigenvalue weighted by molar-refractivity contribution is -0.143. The summed E-state index contributed by atoms with van der Waals surface area (Å²) < 4.78 is 21.8. The molecule has 0 bridgehead atoms. The molecule has 7 nitrogen and oxygen atoms in total. The molecular formula is C25H23NO6. The molecule has 4 rings (SSSR count). The van der Waals surface area contributed by atoms with Crippen molar-refractivity contribution in [3.63, 3.8) is 0 Å². The average Bonchev–Trinajstić information content (AvgIpc) is 3.29. The van der Waals surface area contributed by atoms with Gasteiger partial charge in [0.05, 0.1) is 14.2 Å². The molecule has 1 aliphatic rings. The summed E-state index contributed by atoms with van der Waals surface area (Å²) in [5.74, 6) is 0.772. The Bertz CT molecular complexity index is 1110. The number of hydrogen-bond acceptors (Lipinski definition) is 7. The highest BCUT2D eigenvalue weighted by molar-refractivity contribution is 5.98. The number of phenolic OH excluding ortho intramolecular Hbond substituents is 1. The molecule has 3 aromatic carbocycles. The van der Waals surface area contributed by atoms with E-state index < -0.39 is 18.1 Å². The van der Waals surface area contributed by atoms with Gasteiger partial charge in [-0.15, -0.1) is 0 Å². The van der Waals surface area contributed by atoms with Gasteiger partial charge >= 0.3 is 5.97 Å². The molecule has 0 amide bonds. The van der Waals surface area contributed by atoms with Gasteiger partial charge in [0, 0.05) is 5.56 Å². The van der Waals surface area contributed by atoms with E-state index in [0.29, 0.717) is 35.1 Å². The molecule has 164 valence electrons. The summed E-state index contributed by atoms with van der Waals surface area (Å²) in [4.78, 5) is 16.8. The summed E-state index contributed by atoms with van der Waals surface area (Å²) in [6, 6.07) is 20.8. The number of nitrogens with zero attached hydrogens (tertiary/aromatic N) is 1. The molecule has 0 saturated heterocycles. The number of carbonyl (C=O) groups excluding carboxylic acids is 1. The molecule has 1 aliphatic heterocycles. The third kappa shape index (κ3) is 4.51. The minimum absolute atomic E-state index is 0.0523. The van der Waals surface area contributed by atoms with Crippen LogP contribution in [-0.2, 0) is 20.9 Å². The maximum Gasteiger partial charge on any atom is 0.335 e. The first kappa shape index (κ1) is 21.2. The first-order valence-corrected chi connectivity index (χ1v) is 10.1. The Morgan fingerprint density at radius 2 is 1.78 bits per heavy atom. The van der Waals surface area contributed by atoms with Crippen LogP contribution in [0.2, 0.25) is 0 Å². The summed E-state index contributed by atoms with van der Waals surface area (Å²) >= 11 is 0. The summed E-state index contributed by atoms with van der Waals surface area (Å²) in [7, 11) is 2.89. The predicted molar refractivity (Wildman–Crippen MR) is 118 cm³/mol. The van der Waals surface area contributed by atoms with Crippen LogP contribution in [0.25, 0.3) is 0 Å². The fraction of sp³-hybridized carbons (Fsp3) is 0.200. The highest BCUT2D eigenvalue weighted by atomic mass is 16.5. The number of aliphatic imine (C=N–C) groups is 1. The van der Waals surface area contributed by atoms with E-state index in [1.807, 2.05) is 30.3 Å². The van der Waals surface area contributed by atoms with Crippen LogP contribution in [0.1, 0.15) is 22.8 Å². The molecule has 1 heterocycles. The van der Waals surface area contributed by atoms with Gasteiger partial charge in [-0.3, -0.25) is 0 Å². The van der Waals surface area contributed by atoms with Gasteiger partial charge in [-0.2, -0.15) is 0 Å². The normalized spacial score (nSPS) is 17.2. The van der Waals surface area contributed by atoms with Crippen molar-refractivity contribution >= 4 is 11.9 Å². The lowest BCUT2D eigenvalue weighted by Crippen LogP contribution is -2.25. The lowest BCUT2D eigenvalue weighted by Gasteiger charge is -2.18. The number of benzene rings is 3. The Kier molecular flexibility index (Phi) is 6.26. The van der Waals surface area contributed by atoms with E-state index in [2.05, 4.69) is 4.99 Å². The number of hydrogen-bond donors (Lipinski definition) is 1. The van der Waals surface area contributed by atoms with Crippen molar-refractivity contribution in [3.05, 3.63) is 89.5 Å². The second-order valence-electron chi connectivity index (χ2n) is 7.17. The molecule has 7 heteroatoms. The number of carbonyl (C=O) groups is 1. The Balaban J connectivity index is 1.54. The highest BCUT2D eigenvalue weighted by Crippen LogP contribution is 2.36. The van der Waals surface area contributed by atoms with Gasteiger partial charge in [0.2, 0.25) is 5.90 Å². The van der Waals surface area contributed by atoms with Crippen molar-refractivity contribution in [2.45, 2.75) is 18.8 Å². The van der Waals surface area contributed by atoms with Crippen molar-refractivity contribution in [2.75, 3.05) is 14.2 Å². The van der Waals surface area contributed by atoms with Crippen molar-refractivity contribution < 1.29 is 28.8 Å². The number of rotatable bonds is 7. The van der Waals surface area contributed by atoms with E-state index in [-0.39, 0.29) is 5.75 Å². The average molecular weight is 433 g/mol. The molecule has 32 heavy (non-hydrogen) atoms. The second-order valence-corrected chi connectivity index (χ2v) is 7.17. The van der Waals surface area contributed by atoms with E-state index in [4.69, 9.17) is 18.9 Å². The lowest BCUT2D eigenvalue weighted by atomic mass is 10.0. The largest absolute Gasteiger partial charge is 0.504 e. The molecule has 0 radical (unpaired) electrons. The van der Waals surface area contributed by atoms with Crippen LogP contribution in [0.3, 0.4) is 0 Å². The van der Waals surface area contributed by atoms with Crippen molar-refractivity contribution in [1.82, 2.24) is 0 Å².